The van der Waals surface area contributed by atoms with Gasteiger partial charge in [-0.25, -0.2) is 8.42 Å². The highest BCUT2D eigenvalue weighted by Gasteiger charge is 2.27. The van der Waals surface area contributed by atoms with Gasteiger partial charge in [0.1, 0.15) is 0 Å². The molecular formula is C13H21N3O4S. The van der Waals surface area contributed by atoms with Crippen LogP contribution in [-0.4, -0.2) is 62.2 Å². The van der Waals surface area contributed by atoms with E-state index in [1.165, 1.54) is 23.4 Å². The average Bonchev–Trinajstić information content (AvgIpc) is 2.39. The van der Waals surface area contributed by atoms with Crippen molar-refractivity contribution in [2.45, 2.75) is 11.8 Å². The molecule has 8 heteroatoms. The molecule has 0 radical (unpaired) electrons. The highest BCUT2D eigenvalue weighted by molar-refractivity contribution is 7.89. The third-order valence-corrected chi connectivity index (χ3v) is 5.19. The van der Waals surface area contributed by atoms with Crippen LogP contribution in [0.2, 0.25) is 0 Å². The van der Waals surface area contributed by atoms with Gasteiger partial charge in [-0.2, -0.15) is 4.31 Å². The Labute approximate surface area is 124 Å². The molecule has 1 aromatic carbocycles. The van der Waals surface area contributed by atoms with Crippen LogP contribution in [0.3, 0.4) is 0 Å². The molecule has 1 aromatic rings. The van der Waals surface area contributed by atoms with E-state index in [9.17, 15) is 13.2 Å². The van der Waals surface area contributed by atoms with Crippen molar-refractivity contribution in [1.82, 2.24) is 9.21 Å². The summed E-state index contributed by atoms with van der Waals surface area (Å²) in [5.74, 6) is -0.181. The molecule has 1 aliphatic rings. The minimum Gasteiger partial charge on any atom is -0.412 e. The molecule has 0 aliphatic carbocycles. The zero-order valence-electron chi connectivity index (χ0n) is 12.2. The van der Waals surface area contributed by atoms with Gasteiger partial charge in [-0.05, 0) is 31.3 Å². The first-order valence-corrected chi connectivity index (χ1v) is 7.90. The lowest BCUT2D eigenvalue weighted by molar-refractivity contribution is -0.114. The summed E-state index contributed by atoms with van der Waals surface area (Å²) in [5.41, 5.74) is 0.592. The molecule has 1 aliphatic heterocycles. The Morgan fingerprint density at radius 2 is 1.62 bits per heavy atom. The van der Waals surface area contributed by atoms with Gasteiger partial charge in [0, 0.05) is 38.8 Å². The molecular weight excluding hydrogens is 294 g/mol. The van der Waals surface area contributed by atoms with Crippen LogP contribution in [0.1, 0.15) is 6.92 Å². The average molecular weight is 315 g/mol. The predicted molar refractivity (Wildman–Crippen MR) is 80.6 cm³/mol. The van der Waals surface area contributed by atoms with Crippen molar-refractivity contribution < 1.29 is 18.7 Å². The monoisotopic (exact) mass is 315 g/mol. The van der Waals surface area contributed by atoms with Gasteiger partial charge < -0.3 is 15.7 Å². The Morgan fingerprint density at radius 3 is 2.10 bits per heavy atom. The number of likely N-dealkylation sites (N-methyl/N-ethyl adjacent to an activating group) is 1. The summed E-state index contributed by atoms with van der Waals surface area (Å²) < 4.78 is 26.4. The lowest BCUT2D eigenvalue weighted by atomic mass is 10.3. The van der Waals surface area contributed by atoms with Crippen molar-refractivity contribution in [1.29, 1.82) is 0 Å². The molecule has 1 amide bonds. The Morgan fingerprint density at radius 1 is 1.10 bits per heavy atom. The minimum absolute atomic E-state index is 0. The lowest BCUT2D eigenvalue weighted by Gasteiger charge is -2.31. The third-order valence-electron chi connectivity index (χ3n) is 3.27. The van der Waals surface area contributed by atoms with E-state index in [0.29, 0.717) is 18.8 Å². The van der Waals surface area contributed by atoms with Crippen LogP contribution < -0.4 is 5.32 Å². The second-order valence-electron chi connectivity index (χ2n) is 4.91. The summed E-state index contributed by atoms with van der Waals surface area (Å²) in [6.45, 7) is 3.90. The fraction of sp³-hybridized carbons (Fsp3) is 0.462. The maximum atomic E-state index is 12.4. The molecule has 118 valence electrons. The van der Waals surface area contributed by atoms with E-state index in [-0.39, 0.29) is 16.3 Å². The zero-order valence-corrected chi connectivity index (χ0v) is 13.0. The SMILES string of the molecule is CC(=O)Nc1ccc(S(=O)(=O)N2CCN(C)CC2)cc1.O. The van der Waals surface area contributed by atoms with Crippen LogP contribution in [-0.2, 0) is 14.8 Å². The van der Waals surface area contributed by atoms with E-state index >= 15 is 0 Å². The van der Waals surface area contributed by atoms with Gasteiger partial charge in [0.15, 0.2) is 0 Å². The molecule has 0 aromatic heterocycles. The summed E-state index contributed by atoms with van der Waals surface area (Å²) in [5, 5.41) is 2.61. The van der Waals surface area contributed by atoms with Gasteiger partial charge in [-0.15, -0.1) is 0 Å². The van der Waals surface area contributed by atoms with E-state index in [4.69, 9.17) is 0 Å². The summed E-state index contributed by atoms with van der Waals surface area (Å²) in [6.07, 6.45) is 0. The summed E-state index contributed by atoms with van der Waals surface area (Å²) in [4.78, 5) is 13.3. The number of amides is 1. The smallest absolute Gasteiger partial charge is 0.243 e. The van der Waals surface area contributed by atoms with Crippen LogP contribution in [0.4, 0.5) is 5.69 Å². The molecule has 21 heavy (non-hydrogen) atoms. The highest BCUT2D eigenvalue weighted by atomic mass is 32.2. The third kappa shape index (κ3) is 4.24. The van der Waals surface area contributed by atoms with Gasteiger partial charge in [-0.3, -0.25) is 4.79 Å². The normalized spacial score (nSPS) is 17.0. The standard InChI is InChI=1S/C13H19N3O3S.H2O/c1-11(17)14-12-3-5-13(6-4-12)20(18,19)16-9-7-15(2)8-10-16;/h3-6H,7-10H2,1-2H3,(H,14,17);1H2. The van der Waals surface area contributed by atoms with Gasteiger partial charge >= 0.3 is 0 Å². The quantitative estimate of drug-likeness (QED) is 0.831. The number of carbonyl (C=O) groups excluding carboxylic acids is 1. The number of nitrogens with zero attached hydrogens (tertiary/aromatic N) is 2. The van der Waals surface area contributed by atoms with E-state index in [1.807, 2.05) is 7.05 Å². The maximum absolute atomic E-state index is 12.4. The number of hydrogen-bond donors (Lipinski definition) is 1. The largest absolute Gasteiger partial charge is 0.412 e. The number of piperazine rings is 1. The van der Waals surface area contributed by atoms with Crippen molar-refractivity contribution in [2.24, 2.45) is 0 Å². The van der Waals surface area contributed by atoms with Crippen LogP contribution in [0.15, 0.2) is 29.2 Å². The van der Waals surface area contributed by atoms with Crippen LogP contribution in [0, 0.1) is 0 Å². The number of nitrogens with one attached hydrogen (secondary N) is 1. The molecule has 0 unspecified atom stereocenters. The van der Waals surface area contributed by atoms with Crippen molar-refractivity contribution in [3.8, 4) is 0 Å². The van der Waals surface area contributed by atoms with Gasteiger partial charge in [0.2, 0.25) is 15.9 Å². The first kappa shape index (κ1) is 17.6. The lowest BCUT2D eigenvalue weighted by Crippen LogP contribution is -2.46. The van der Waals surface area contributed by atoms with Crippen molar-refractivity contribution >= 4 is 21.6 Å². The first-order valence-electron chi connectivity index (χ1n) is 6.46. The Hall–Kier alpha value is -1.48. The molecule has 1 fully saturated rings. The molecule has 0 atom stereocenters. The Bertz CT molecular complexity index is 578. The second-order valence-corrected chi connectivity index (χ2v) is 6.85. The topological polar surface area (TPSA) is 101 Å². The first-order chi connectivity index (χ1) is 9.39. The fourth-order valence-electron chi connectivity index (χ4n) is 2.09. The van der Waals surface area contributed by atoms with Crippen molar-refractivity contribution in [3.63, 3.8) is 0 Å². The second kappa shape index (κ2) is 6.99. The predicted octanol–water partition coefficient (Wildman–Crippen LogP) is -0.244. The summed E-state index contributed by atoms with van der Waals surface area (Å²) in [6, 6.07) is 6.26. The highest BCUT2D eigenvalue weighted by Crippen LogP contribution is 2.19. The van der Waals surface area contributed by atoms with Crippen LogP contribution in [0.5, 0.6) is 0 Å². The molecule has 7 nitrogen and oxygen atoms in total. The van der Waals surface area contributed by atoms with Gasteiger partial charge in [0.25, 0.3) is 0 Å². The Balaban J connectivity index is 0.00000220. The molecule has 1 heterocycles. The number of sulfonamides is 1. The molecule has 0 spiro atoms. The number of anilines is 1. The van der Waals surface area contributed by atoms with Crippen molar-refractivity contribution in [2.75, 3.05) is 38.5 Å². The fourth-order valence-corrected chi connectivity index (χ4v) is 3.51. The van der Waals surface area contributed by atoms with Crippen LogP contribution in [0.25, 0.3) is 0 Å². The van der Waals surface area contributed by atoms with Crippen LogP contribution >= 0.6 is 0 Å². The Kier molecular flexibility index (Phi) is 5.85. The molecule has 0 saturated carbocycles. The summed E-state index contributed by atoms with van der Waals surface area (Å²) in [7, 11) is -1.46. The van der Waals surface area contributed by atoms with Crippen molar-refractivity contribution in [3.05, 3.63) is 24.3 Å². The van der Waals surface area contributed by atoms with E-state index in [2.05, 4.69) is 10.2 Å². The maximum Gasteiger partial charge on any atom is 0.243 e. The molecule has 1 saturated heterocycles. The van der Waals surface area contributed by atoms with E-state index in [1.54, 1.807) is 12.1 Å². The summed E-state index contributed by atoms with van der Waals surface area (Å²) >= 11 is 0. The zero-order chi connectivity index (χ0) is 14.8. The number of rotatable bonds is 3. The molecule has 0 bridgehead atoms. The number of carbonyl (C=O) groups is 1. The van der Waals surface area contributed by atoms with Gasteiger partial charge in [-0.1, -0.05) is 0 Å². The van der Waals surface area contributed by atoms with Gasteiger partial charge in [0.05, 0.1) is 4.90 Å². The minimum atomic E-state index is -3.44. The molecule has 3 N–H and O–H groups in total. The number of hydrogen-bond acceptors (Lipinski definition) is 4. The molecule has 2 rings (SSSR count). The van der Waals surface area contributed by atoms with E-state index < -0.39 is 10.0 Å². The van der Waals surface area contributed by atoms with E-state index in [0.717, 1.165) is 13.1 Å². The number of benzene rings is 1.